The van der Waals surface area contributed by atoms with E-state index in [4.69, 9.17) is 4.74 Å². The molecule has 1 aliphatic rings. The molecule has 0 bridgehead atoms. The van der Waals surface area contributed by atoms with Gasteiger partial charge in [0.15, 0.2) is 6.61 Å². The van der Waals surface area contributed by atoms with Gasteiger partial charge in [0.1, 0.15) is 5.75 Å². The summed E-state index contributed by atoms with van der Waals surface area (Å²) in [4.78, 5) is 11.3. The standard InChI is InChI=1S/C13H18N2O2/c1-2-14-12(16)9-17-11-7-3-5-10-6-4-8-15-13(10)11/h3,5,7,15H,2,4,6,8-9H2,1H3,(H,14,16). The van der Waals surface area contributed by atoms with Gasteiger partial charge in [-0.3, -0.25) is 4.79 Å². The van der Waals surface area contributed by atoms with E-state index < -0.39 is 0 Å². The molecular formula is C13H18N2O2. The van der Waals surface area contributed by atoms with Crippen molar-refractivity contribution in [3.05, 3.63) is 23.8 Å². The Hall–Kier alpha value is -1.71. The Morgan fingerprint density at radius 2 is 2.41 bits per heavy atom. The van der Waals surface area contributed by atoms with E-state index in [0.717, 1.165) is 30.8 Å². The zero-order valence-electron chi connectivity index (χ0n) is 10.1. The summed E-state index contributed by atoms with van der Waals surface area (Å²) in [6.07, 6.45) is 2.22. The van der Waals surface area contributed by atoms with Crippen LogP contribution in [0.2, 0.25) is 0 Å². The highest BCUT2D eigenvalue weighted by Gasteiger charge is 2.13. The molecule has 0 spiro atoms. The van der Waals surface area contributed by atoms with E-state index in [0.29, 0.717) is 6.54 Å². The summed E-state index contributed by atoms with van der Waals surface area (Å²) in [6.45, 7) is 3.57. The van der Waals surface area contributed by atoms with Crippen molar-refractivity contribution in [2.45, 2.75) is 19.8 Å². The molecule has 0 atom stereocenters. The van der Waals surface area contributed by atoms with E-state index in [1.807, 2.05) is 19.1 Å². The zero-order chi connectivity index (χ0) is 12.1. The molecule has 4 nitrogen and oxygen atoms in total. The molecule has 0 saturated carbocycles. The van der Waals surface area contributed by atoms with E-state index in [1.165, 1.54) is 5.56 Å². The summed E-state index contributed by atoms with van der Waals surface area (Å²) in [5.41, 5.74) is 2.31. The summed E-state index contributed by atoms with van der Waals surface area (Å²) >= 11 is 0. The molecule has 1 amide bonds. The third kappa shape index (κ3) is 2.90. The Labute approximate surface area is 101 Å². The van der Waals surface area contributed by atoms with Crippen molar-refractivity contribution in [2.75, 3.05) is 25.0 Å². The summed E-state index contributed by atoms with van der Waals surface area (Å²) in [5, 5.41) is 6.04. The number of carbonyl (C=O) groups is 1. The van der Waals surface area contributed by atoms with Crippen LogP contribution in [0.5, 0.6) is 5.75 Å². The largest absolute Gasteiger partial charge is 0.482 e. The summed E-state index contributed by atoms with van der Waals surface area (Å²) in [5.74, 6) is 0.689. The first kappa shape index (κ1) is 11.8. The quantitative estimate of drug-likeness (QED) is 0.831. The van der Waals surface area contributed by atoms with Crippen LogP contribution in [-0.2, 0) is 11.2 Å². The number of likely N-dealkylation sites (N-methyl/N-ethyl adjacent to an activating group) is 1. The summed E-state index contributed by atoms with van der Waals surface area (Å²) < 4.78 is 5.54. The first-order valence-corrected chi connectivity index (χ1v) is 6.06. The first-order valence-electron chi connectivity index (χ1n) is 6.06. The van der Waals surface area contributed by atoms with Crippen LogP contribution in [0, 0.1) is 0 Å². The highest BCUT2D eigenvalue weighted by Crippen LogP contribution is 2.31. The second-order valence-corrected chi connectivity index (χ2v) is 4.06. The van der Waals surface area contributed by atoms with Crippen LogP contribution in [0.3, 0.4) is 0 Å². The van der Waals surface area contributed by atoms with Crippen molar-refractivity contribution < 1.29 is 9.53 Å². The van der Waals surface area contributed by atoms with Crippen molar-refractivity contribution in [2.24, 2.45) is 0 Å². The average molecular weight is 234 g/mol. The molecule has 0 fully saturated rings. The van der Waals surface area contributed by atoms with E-state index in [9.17, 15) is 4.79 Å². The van der Waals surface area contributed by atoms with Gasteiger partial charge in [0.25, 0.3) is 5.91 Å². The molecule has 1 aromatic carbocycles. The fourth-order valence-electron chi connectivity index (χ4n) is 1.99. The van der Waals surface area contributed by atoms with E-state index in [1.54, 1.807) is 0 Å². The maximum atomic E-state index is 11.3. The van der Waals surface area contributed by atoms with Crippen molar-refractivity contribution in [1.29, 1.82) is 0 Å². The number of rotatable bonds is 4. The number of hydrogen-bond acceptors (Lipinski definition) is 3. The van der Waals surface area contributed by atoms with Crippen LogP contribution in [-0.4, -0.2) is 25.6 Å². The average Bonchev–Trinajstić information content (AvgIpc) is 2.36. The number of amides is 1. The highest BCUT2D eigenvalue weighted by atomic mass is 16.5. The fraction of sp³-hybridized carbons (Fsp3) is 0.462. The third-order valence-corrected chi connectivity index (χ3v) is 2.77. The minimum atomic E-state index is -0.0825. The van der Waals surface area contributed by atoms with Crippen LogP contribution in [0.15, 0.2) is 18.2 Å². The number of aryl methyl sites for hydroxylation is 1. The molecular weight excluding hydrogens is 216 g/mol. The molecule has 0 unspecified atom stereocenters. The third-order valence-electron chi connectivity index (χ3n) is 2.77. The molecule has 0 saturated heterocycles. The predicted octanol–water partition coefficient (Wildman–Crippen LogP) is 1.56. The van der Waals surface area contributed by atoms with Gasteiger partial charge in [-0.1, -0.05) is 12.1 Å². The smallest absolute Gasteiger partial charge is 0.257 e. The monoisotopic (exact) mass is 234 g/mol. The van der Waals surface area contributed by atoms with Gasteiger partial charge in [-0.2, -0.15) is 0 Å². The molecule has 1 heterocycles. The van der Waals surface area contributed by atoms with Crippen LogP contribution in [0.25, 0.3) is 0 Å². The minimum Gasteiger partial charge on any atom is -0.482 e. The van der Waals surface area contributed by atoms with Crippen molar-refractivity contribution in [3.8, 4) is 5.75 Å². The molecule has 1 aliphatic heterocycles. The van der Waals surface area contributed by atoms with Crippen molar-refractivity contribution in [3.63, 3.8) is 0 Å². The van der Waals surface area contributed by atoms with Crippen molar-refractivity contribution >= 4 is 11.6 Å². The van der Waals surface area contributed by atoms with E-state index in [-0.39, 0.29) is 12.5 Å². The Morgan fingerprint density at radius 3 is 3.24 bits per heavy atom. The molecule has 0 radical (unpaired) electrons. The number of hydrogen-bond donors (Lipinski definition) is 2. The van der Waals surface area contributed by atoms with Gasteiger partial charge < -0.3 is 15.4 Å². The van der Waals surface area contributed by atoms with Gasteiger partial charge in [0.05, 0.1) is 5.69 Å². The second kappa shape index (κ2) is 5.57. The molecule has 1 aromatic rings. The zero-order valence-corrected chi connectivity index (χ0v) is 10.1. The Morgan fingerprint density at radius 1 is 1.53 bits per heavy atom. The normalized spacial score (nSPS) is 13.5. The molecule has 2 N–H and O–H groups in total. The lowest BCUT2D eigenvalue weighted by Crippen LogP contribution is -2.28. The van der Waals surface area contributed by atoms with Crippen LogP contribution < -0.4 is 15.4 Å². The van der Waals surface area contributed by atoms with Gasteiger partial charge in [0.2, 0.25) is 0 Å². The topological polar surface area (TPSA) is 50.4 Å². The van der Waals surface area contributed by atoms with E-state index in [2.05, 4.69) is 16.7 Å². The van der Waals surface area contributed by atoms with Crippen molar-refractivity contribution in [1.82, 2.24) is 5.32 Å². The predicted molar refractivity (Wildman–Crippen MR) is 67.4 cm³/mol. The maximum Gasteiger partial charge on any atom is 0.257 e. The maximum absolute atomic E-state index is 11.3. The van der Waals surface area contributed by atoms with Crippen LogP contribution in [0.4, 0.5) is 5.69 Å². The SMILES string of the molecule is CCNC(=O)COc1cccc2c1NCCC2. The summed E-state index contributed by atoms with van der Waals surface area (Å²) in [6, 6.07) is 5.97. The first-order chi connectivity index (χ1) is 8.31. The Bertz CT molecular complexity index is 404. The molecule has 92 valence electrons. The lowest BCUT2D eigenvalue weighted by molar-refractivity contribution is -0.122. The lowest BCUT2D eigenvalue weighted by atomic mass is 10.0. The van der Waals surface area contributed by atoms with E-state index >= 15 is 0 Å². The number of para-hydroxylation sites is 1. The number of anilines is 1. The fourth-order valence-corrected chi connectivity index (χ4v) is 1.99. The molecule has 2 rings (SSSR count). The number of carbonyl (C=O) groups excluding carboxylic acids is 1. The Balaban J connectivity index is 2.03. The number of benzene rings is 1. The minimum absolute atomic E-state index is 0.0754. The second-order valence-electron chi connectivity index (χ2n) is 4.06. The van der Waals surface area contributed by atoms with Crippen LogP contribution >= 0.6 is 0 Å². The van der Waals surface area contributed by atoms with Gasteiger partial charge in [0, 0.05) is 13.1 Å². The van der Waals surface area contributed by atoms with Gasteiger partial charge in [-0.25, -0.2) is 0 Å². The number of ether oxygens (including phenoxy) is 1. The van der Waals surface area contributed by atoms with Gasteiger partial charge in [-0.15, -0.1) is 0 Å². The molecule has 0 aromatic heterocycles. The molecule has 0 aliphatic carbocycles. The highest BCUT2D eigenvalue weighted by molar-refractivity contribution is 5.77. The Kier molecular flexibility index (Phi) is 3.85. The number of fused-ring (bicyclic) bond motifs is 1. The van der Waals surface area contributed by atoms with Gasteiger partial charge >= 0.3 is 0 Å². The summed E-state index contributed by atoms with van der Waals surface area (Å²) in [7, 11) is 0. The van der Waals surface area contributed by atoms with Crippen LogP contribution in [0.1, 0.15) is 18.9 Å². The molecule has 4 heteroatoms. The van der Waals surface area contributed by atoms with Gasteiger partial charge in [-0.05, 0) is 31.4 Å². The molecule has 17 heavy (non-hydrogen) atoms. The lowest BCUT2D eigenvalue weighted by Gasteiger charge is -2.20. The number of nitrogens with one attached hydrogen (secondary N) is 2.